The molecule has 0 amide bonds. The highest BCUT2D eigenvalue weighted by atomic mass is 16.5. The highest BCUT2D eigenvalue weighted by Gasteiger charge is 2.13. The molecular weight excluding hydrogens is 316 g/mol. The fourth-order valence-corrected chi connectivity index (χ4v) is 2.54. The predicted octanol–water partition coefficient (Wildman–Crippen LogP) is 5.55. The predicted molar refractivity (Wildman–Crippen MR) is 99.9 cm³/mol. The Kier molecular flexibility index (Phi) is 10.6. The minimum atomic E-state index is -0.423. The Morgan fingerprint density at radius 3 is 2.04 bits per heavy atom. The van der Waals surface area contributed by atoms with Gasteiger partial charge in [0.25, 0.3) is 0 Å². The van der Waals surface area contributed by atoms with Crippen LogP contribution in [-0.2, 0) is 9.47 Å². The van der Waals surface area contributed by atoms with Crippen LogP contribution in [0.5, 0.6) is 0 Å². The summed E-state index contributed by atoms with van der Waals surface area (Å²) in [4.78, 5) is 24.0. The quantitative estimate of drug-likeness (QED) is 0.367. The fourth-order valence-electron chi connectivity index (χ4n) is 2.54. The second-order valence-corrected chi connectivity index (χ2v) is 6.65. The summed E-state index contributed by atoms with van der Waals surface area (Å²) in [5.74, 6) is -0.810. The van der Waals surface area contributed by atoms with E-state index in [1.165, 1.54) is 44.6 Å². The zero-order chi connectivity index (χ0) is 18.5. The number of carbonyl (C=O) groups excluding carboxylic acids is 2. The lowest BCUT2D eigenvalue weighted by atomic mass is 10.1. The summed E-state index contributed by atoms with van der Waals surface area (Å²) in [6.45, 7) is 6.23. The van der Waals surface area contributed by atoms with Gasteiger partial charge in [-0.15, -0.1) is 0 Å². The molecule has 0 saturated heterocycles. The maximum absolute atomic E-state index is 12.1. The summed E-state index contributed by atoms with van der Waals surface area (Å²) in [6.07, 6.45) is 9.44. The average Bonchev–Trinajstić information content (AvgIpc) is 2.59. The number of carbonyl (C=O) groups is 2. The highest BCUT2D eigenvalue weighted by molar-refractivity contribution is 5.95. The van der Waals surface area contributed by atoms with Crippen molar-refractivity contribution in [2.24, 2.45) is 0 Å². The maximum atomic E-state index is 12.1. The van der Waals surface area contributed by atoms with Crippen molar-refractivity contribution in [3.63, 3.8) is 0 Å². The summed E-state index contributed by atoms with van der Waals surface area (Å²) < 4.78 is 10.4. The molecule has 25 heavy (non-hydrogen) atoms. The van der Waals surface area contributed by atoms with E-state index in [-0.39, 0.29) is 12.1 Å². The molecule has 0 aliphatic rings. The van der Waals surface area contributed by atoms with E-state index in [2.05, 4.69) is 6.92 Å². The van der Waals surface area contributed by atoms with Crippen LogP contribution in [0.25, 0.3) is 0 Å². The molecule has 0 bridgehead atoms. The van der Waals surface area contributed by atoms with Crippen LogP contribution in [0.1, 0.15) is 92.9 Å². The number of rotatable bonds is 12. The van der Waals surface area contributed by atoms with Crippen LogP contribution in [0.2, 0.25) is 0 Å². The van der Waals surface area contributed by atoms with Crippen molar-refractivity contribution in [2.45, 2.75) is 78.2 Å². The first-order valence-corrected chi connectivity index (χ1v) is 9.52. The van der Waals surface area contributed by atoms with E-state index in [0.717, 1.165) is 12.8 Å². The highest BCUT2D eigenvalue weighted by Crippen LogP contribution is 2.11. The number of benzene rings is 1. The molecule has 0 spiro atoms. The summed E-state index contributed by atoms with van der Waals surface area (Å²) in [7, 11) is 0. The minimum Gasteiger partial charge on any atom is -0.462 e. The molecule has 0 saturated carbocycles. The smallest absolute Gasteiger partial charge is 0.338 e. The third kappa shape index (κ3) is 9.28. The molecule has 0 radical (unpaired) electrons. The Balaban J connectivity index is 2.27. The van der Waals surface area contributed by atoms with Gasteiger partial charge < -0.3 is 9.47 Å². The molecular formula is C21H32O4. The molecule has 0 heterocycles. The van der Waals surface area contributed by atoms with Crippen molar-refractivity contribution in [1.82, 2.24) is 0 Å². The van der Waals surface area contributed by atoms with Gasteiger partial charge >= 0.3 is 11.9 Å². The summed E-state index contributed by atoms with van der Waals surface area (Å²) in [5, 5.41) is 0. The lowest BCUT2D eigenvalue weighted by Crippen LogP contribution is -2.13. The van der Waals surface area contributed by atoms with Gasteiger partial charge in [0, 0.05) is 0 Å². The molecule has 140 valence electrons. The number of esters is 2. The zero-order valence-electron chi connectivity index (χ0n) is 15.9. The van der Waals surface area contributed by atoms with Gasteiger partial charge in [-0.3, -0.25) is 0 Å². The normalized spacial score (nSPS) is 10.7. The van der Waals surface area contributed by atoms with Crippen LogP contribution in [0.15, 0.2) is 24.3 Å². The van der Waals surface area contributed by atoms with Crippen LogP contribution < -0.4 is 0 Å². The third-order valence-corrected chi connectivity index (χ3v) is 3.91. The molecule has 1 rings (SSSR count). The standard InChI is InChI=1S/C21H32O4/c1-4-5-6-7-8-9-10-11-15-24-20(22)18-13-12-14-19(16-18)21(23)25-17(2)3/h12-14,16-17H,4-11,15H2,1-3H3. The molecule has 0 atom stereocenters. The van der Waals surface area contributed by atoms with Gasteiger partial charge in [-0.25, -0.2) is 9.59 Å². The first-order chi connectivity index (χ1) is 12.0. The van der Waals surface area contributed by atoms with Gasteiger partial charge in [-0.05, 0) is 38.5 Å². The Hall–Kier alpha value is -1.84. The van der Waals surface area contributed by atoms with E-state index in [9.17, 15) is 9.59 Å². The minimum absolute atomic E-state index is 0.190. The Morgan fingerprint density at radius 1 is 0.880 bits per heavy atom. The summed E-state index contributed by atoms with van der Waals surface area (Å²) >= 11 is 0. The van der Waals surface area contributed by atoms with Gasteiger partial charge in [0.2, 0.25) is 0 Å². The van der Waals surface area contributed by atoms with E-state index in [1.54, 1.807) is 32.0 Å². The van der Waals surface area contributed by atoms with E-state index >= 15 is 0 Å². The van der Waals surface area contributed by atoms with Crippen LogP contribution >= 0.6 is 0 Å². The lowest BCUT2D eigenvalue weighted by molar-refractivity contribution is 0.0378. The van der Waals surface area contributed by atoms with Crippen LogP contribution in [0.4, 0.5) is 0 Å². The van der Waals surface area contributed by atoms with Crippen molar-refractivity contribution >= 4 is 11.9 Å². The van der Waals surface area contributed by atoms with E-state index < -0.39 is 5.97 Å². The number of hydrogen-bond acceptors (Lipinski definition) is 4. The van der Waals surface area contributed by atoms with E-state index in [1.807, 2.05) is 0 Å². The van der Waals surface area contributed by atoms with Gasteiger partial charge in [0.05, 0.1) is 23.8 Å². The fraction of sp³-hybridized carbons (Fsp3) is 0.619. The van der Waals surface area contributed by atoms with Crippen molar-refractivity contribution in [3.8, 4) is 0 Å². The summed E-state index contributed by atoms with van der Waals surface area (Å²) in [6, 6.07) is 6.49. The molecule has 1 aromatic carbocycles. The van der Waals surface area contributed by atoms with Crippen LogP contribution in [-0.4, -0.2) is 24.6 Å². The SMILES string of the molecule is CCCCCCCCCCOC(=O)c1cccc(C(=O)OC(C)C)c1. The van der Waals surface area contributed by atoms with Gasteiger partial charge in [-0.1, -0.05) is 57.9 Å². The number of ether oxygens (including phenoxy) is 2. The van der Waals surface area contributed by atoms with E-state index in [4.69, 9.17) is 9.47 Å². The molecule has 4 heteroatoms. The molecule has 0 fully saturated rings. The number of hydrogen-bond donors (Lipinski definition) is 0. The largest absolute Gasteiger partial charge is 0.462 e. The monoisotopic (exact) mass is 348 g/mol. The summed E-state index contributed by atoms with van der Waals surface area (Å²) in [5.41, 5.74) is 0.757. The zero-order valence-corrected chi connectivity index (χ0v) is 15.9. The van der Waals surface area contributed by atoms with Gasteiger partial charge in [0.1, 0.15) is 0 Å². The van der Waals surface area contributed by atoms with Crippen LogP contribution in [0.3, 0.4) is 0 Å². The Morgan fingerprint density at radius 2 is 1.44 bits per heavy atom. The molecule has 0 N–H and O–H groups in total. The van der Waals surface area contributed by atoms with Gasteiger partial charge in [-0.2, -0.15) is 0 Å². The maximum Gasteiger partial charge on any atom is 0.338 e. The van der Waals surface area contributed by atoms with Crippen molar-refractivity contribution in [2.75, 3.05) is 6.61 Å². The molecule has 0 aromatic heterocycles. The topological polar surface area (TPSA) is 52.6 Å². The Labute approximate surface area is 151 Å². The second kappa shape index (κ2) is 12.5. The molecule has 0 unspecified atom stereocenters. The molecule has 0 aliphatic carbocycles. The lowest BCUT2D eigenvalue weighted by Gasteiger charge is -2.09. The average molecular weight is 348 g/mol. The first-order valence-electron chi connectivity index (χ1n) is 9.52. The van der Waals surface area contributed by atoms with Crippen molar-refractivity contribution in [1.29, 1.82) is 0 Å². The molecule has 1 aromatic rings. The second-order valence-electron chi connectivity index (χ2n) is 6.65. The molecule has 4 nitrogen and oxygen atoms in total. The van der Waals surface area contributed by atoms with Crippen molar-refractivity contribution < 1.29 is 19.1 Å². The molecule has 0 aliphatic heterocycles. The number of unbranched alkanes of at least 4 members (excludes halogenated alkanes) is 7. The van der Waals surface area contributed by atoms with Crippen LogP contribution in [0, 0.1) is 0 Å². The Bertz CT molecular complexity index is 522. The van der Waals surface area contributed by atoms with E-state index in [0.29, 0.717) is 17.7 Å². The van der Waals surface area contributed by atoms with Crippen molar-refractivity contribution in [3.05, 3.63) is 35.4 Å². The third-order valence-electron chi connectivity index (χ3n) is 3.91. The van der Waals surface area contributed by atoms with Gasteiger partial charge in [0.15, 0.2) is 0 Å². The first kappa shape index (κ1) is 21.2.